The monoisotopic (exact) mass is 529 g/mol. The van der Waals surface area contributed by atoms with E-state index in [9.17, 15) is 9.59 Å². The van der Waals surface area contributed by atoms with Gasteiger partial charge in [0.15, 0.2) is 0 Å². The van der Waals surface area contributed by atoms with Gasteiger partial charge in [-0.1, -0.05) is 121 Å². The first-order chi connectivity index (χ1) is 18.6. The van der Waals surface area contributed by atoms with Gasteiger partial charge in [0, 0.05) is 43.9 Å². The Labute approximate surface area is 232 Å². The number of carbonyl (C=O) groups is 2. The molecule has 1 aromatic rings. The maximum atomic E-state index is 12.7. The number of carbonyl (C=O) groups excluding carboxylic acids is 2. The second-order valence-electron chi connectivity index (χ2n) is 11.1. The molecule has 0 atom stereocenters. The van der Waals surface area contributed by atoms with Gasteiger partial charge in [-0.25, -0.2) is 4.79 Å². The quantitative estimate of drug-likeness (QED) is 0.177. The largest absolute Gasteiger partial charge is 0.445 e. The summed E-state index contributed by atoms with van der Waals surface area (Å²) in [4.78, 5) is 29.1. The van der Waals surface area contributed by atoms with Crippen molar-refractivity contribution in [3.05, 3.63) is 35.4 Å². The van der Waals surface area contributed by atoms with Gasteiger partial charge in [0.1, 0.15) is 6.61 Å². The van der Waals surface area contributed by atoms with Crippen LogP contribution in [-0.2, 0) is 11.3 Å². The van der Waals surface area contributed by atoms with E-state index in [0.29, 0.717) is 25.2 Å². The summed E-state index contributed by atoms with van der Waals surface area (Å²) >= 11 is 0. The summed E-state index contributed by atoms with van der Waals surface area (Å²) in [5.74, 6) is -0.0859. The average Bonchev–Trinajstić information content (AvgIpc) is 2.93. The van der Waals surface area contributed by atoms with E-state index in [0.717, 1.165) is 31.5 Å². The number of amides is 2. The maximum Gasteiger partial charge on any atom is 0.410 e. The molecule has 0 spiro atoms. The molecule has 216 valence electrons. The molecule has 1 aliphatic rings. The fraction of sp³-hybridized carbons (Fsp3) is 0.750. The molecule has 6 nitrogen and oxygen atoms in total. The summed E-state index contributed by atoms with van der Waals surface area (Å²) in [6.45, 7) is 6.15. The van der Waals surface area contributed by atoms with Gasteiger partial charge in [0.2, 0.25) is 0 Å². The number of rotatable bonds is 20. The van der Waals surface area contributed by atoms with Gasteiger partial charge in [-0.3, -0.25) is 4.79 Å². The molecular weight excluding hydrogens is 474 g/mol. The molecule has 0 unspecified atom stereocenters. The zero-order chi connectivity index (χ0) is 27.3. The van der Waals surface area contributed by atoms with Gasteiger partial charge in [0.25, 0.3) is 5.91 Å². The van der Waals surface area contributed by atoms with Crippen molar-refractivity contribution in [3.8, 4) is 0 Å². The normalized spacial score (nSPS) is 14.0. The lowest BCUT2D eigenvalue weighted by Crippen LogP contribution is -2.47. The van der Waals surface area contributed by atoms with Gasteiger partial charge in [-0.15, -0.1) is 0 Å². The van der Waals surface area contributed by atoms with Crippen LogP contribution >= 0.6 is 0 Å². The molecule has 0 radical (unpaired) electrons. The number of likely N-dealkylation sites (N-methyl/N-ethyl adjacent to an activating group) is 1. The maximum absolute atomic E-state index is 12.7. The third-order valence-electron chi connectivity index (χ3n) is 7.69. The van der Waals surface area contributed by atoms with Crippen molar-refractivity contribution in [1.82, 2.24) is 15.1 Å². The van der Waals surface area contributed by atoms with Gasteiger partial charge in [-0.05, 0) is 19.5 Å². The van der Waals surface area contributed by atoms with Crippen LogP contribution in [0.2, 0.25) is 0 Å². The van der Waals surface area contributed by atoms with E-state index < -0.39 is 0 Å². The van der Waals surface area contributed by atoms with Crippen molar-refractivity contribution in [2.45, 2.75) is 116 Å². The van der Waals surface area contributed by atoms with E-state index in [2.05, 4.69) is 24.2 Å². The van der Waals surface area contributed by atoms with Crippen molar-refractivity contribution >= 4 is 12.0 Å². The predicted octanol–water partition coefficient (Wildman–Crippen LogP) is 7.56. The Kier molecular flexibility index (Phi) is 17.6. The number of hydrogen-bond acceptors (Lipinski definition) is 4. The second kappa shape index (κ2) is 20.8. The van der Waals surface area contributed by atoms with Crippen LogP contribution in [0.15, 0.2) is 24.3 Å². The van der Waals surface area contributed by atoms with E-state index in [1.54, 1.807) is 4.90 Å². The molecule has 0 aliphatic carbocycles. The van der Waals surface area contributed by atoms with Crippen molar-refractivity contribution in [2.75, 3.05) is 39.8 Å². The van der Waals surface area contributed by atoms with Crippen molar-refractivity contribution in [1.29, 1.82) is 0 Å². The van der Waals surface area contributed by atoms with Crippen molar-refractivity contribution < 1.29 is 14.3 Å². The molecule has 2 rings (SSSR count). The predicted molar refractivity (Wildman–Crippen MR) is 158 cm³/mol. The molecule has 2 amide bonds. The second-order valence-corrected chi connectivity index (χ2v) is 11.1. The number of unbranched alkanes of at least 4 members (excludes halogenated alkanes) is 15. The lowest BCUT2D eigenvalue weighted by Gasteiger charge is -2.31. The van der Waals surface area contributed by atoms with E-state index in [4.69, 9.17) is 4.74 Å². The van der Waals surface area contributed by atoms with E-state index >= 15 is 0 Å². The lowest BCUT2D eigenvalue weighted by atomic mass is 10.0. The highest BCUT2D eigenvalue weighted by Crippen LogP contribution is 2.14. The molecule has 6 heteroatoms. The molecule has 1 N–H and O–H groups in total. The number of piperazine rings is 1. The molecule has 0 bridgehead atoms. The Morgan fingerprint density at radius 2 is 1.24 bits per heavy atom. The van der Waals surface area contributed by atoms with Crippen LogP contribution < -0.4 is 5.32 Å². The van der Waals surface area contributed by atoms with Crippen LogP contribution in [0.3, 0.4) is 0 Å². The zero-order valence-electron chi connectivity index (χ0n) is 24.5. The molecule has 38 heavy (non-hydrogen) atoms. The highest BCUT2D eigenvalue weighted by Gasteiger charge is 2.21. The summed E-state index contributed by atoms with van der Waals surface area (Å²) in [5, 5.41) is 3.05. The van der Waals surface area contributed by atoms with Crippen LogP contribution in [0.4, 0.5) is 4.79 Å². The number of ether oxygens (including phenoxy) is 1. The molecule has 1 aliphatic heterocycles. The Hall–Kier alpha value is -2.08. The summed E-state index contributed by atoms with van der Waals surface area (Å²) < 4.78 is 5.52. The Morgan fingerprint density at radius 3 is 1.79 bits per heavy atom. The topological polar surface area (TPSA) is 61.9 Å². The molecular formula is C32H55N3O3. The lowest BCUT2D eigenvalue weighted by molar-refractivity contribution is 0.0760. The summed E-state index contributed by atoms with van der Waals surface area (Å²) in [6, 6.07) is 7.41. The number of nitrogens with zero attached hydrogens (tertiary/aromatic N) is 2. The molecule has 1 aromatic carbocycles. The Morgan fingerprint density at radius 1 is 0.737 bits per heavy atom. The van der Waals surface area contributed by atoms with Crippen LogP contribution in [0.5, 0.6) is 0 Å². The highest BCUT2D eigenvalue weighted by molar-refractivity contribution is 5.95. The first kappa shape index (κ1) is 32.1. The van der Waals surface area contributed by atoms with Gasteiger partial charge in [-0.2, -0.15) is 0 Å². The molecule has 1 saturated heterocycles. The minimum atomic E-state index is -0.304. The standard InChI is InChI=1S/C32H55N3O3/c1-3-4-5-6-7-8-9-10-11-12-13-14-15-16-17-20-23-33-31(36)30-22-19-18-21-29(30)28-38-32(37)35-26-24-34(2)25-27-35/h18-19,21-22H,3-17,20,23-28H2,1-2H3,(H,33,36). The van der Waals surface area contributed by atoms with E-state index in [1.807, 2.05) is 24.3 Å². The average molecular weight is 530 g/mol. The summed E-state index contributed by atoms with van der Waals surface area (Å²) in [7, 11) is 2.05. The Bertz CT molecular complexity index is 762. The minimum absolute atomic E-state index is 0.0859. The molecule has 0 saturated carbocycles. The van der Waals surface area contributed by atoms with Gasteiger partial charge >= 0.3 is 6.09 Å². The van der Waals surface area contributed by atoms with Gasteiger partial charge < -0.3 is 19.9 Å². The minimum Gasteiger partial charge on any atom is -0.445 e. The van der Waals surface area contributed by atoms with Gasteiger partial charge in [0.05, 0.1) is 0 Å². The smallest absolute Gasteiger partial charge is 0.410 e. The van der Waals surface area contributed by atoms with E-state index in [1.165, 1.54) is 89.9 Å². The first-order valence-electron chi connectivity index (χ1n) is 15.6. The number of hydrogen-bond donors (Lipinski definition) is 1. The molecule has 1 heterocycles. The van der Waals surface area contributed by atoms with Crippen molar-refractivity contribution in [2.24, 2.45) is 0 Å². The zero-order valence-corrected chi connectivity index (χ0v) is 24.5. The third-order valence-corrected chi connectivity index (χ3v) is 7.69. The third kappa shape index (κ3) is 14.2. The summed E-state index contributed by atoms with van der Waals surface area (Å²) in [5.41, 5.74) is 1.34. The summed E-state index contributed by atoms with van der Waals surface area (Å²) in [6.07, 6.45) is 21.2. The van der Waals surface area contributed by atoms with Crippen LogP contribution in [0.25, 0.3) is 0 Å². The highest BCUT2D eigenvalue weighted by atomic mass is 16.6. The first-order valence-corrected chi connectivity index (χ1v) is 15.6. The molecule has 1 fully saturated rings. The fourth-order valence-electron chi connectivity index (χ4n) is 5.06. The fourth-order valence-corrected chi connectivity index (χ4v) is 5.06. The van der Waals surface area contributed by atoms with Crippen LogP contribution in [0.1, 0.15) is 126 Å². The number of benzene rings is 1. The SMILES string of the molecule is CCCCCCCCCCCCCCCCCCNC(=O)c1ccccc1COC(=O)N1CCN(C)CC1. The molecule has 0 aromatic heterocycles. The number of nitrogens with one attached hydrogen (secondary N) is 1. The van der Waals surface area contributed by atoms with Crippen LogP contribution in [0, 0.1) is 0 Å². The van der Waals surface area contributed by atoms with Crippen molar-refractivity contribution in [3.63, 3.8) is 0 Å². The van der Waals surface area contributed by atoms with E-state index in [-0.39, 0.29) is 18.6 Å². The Balaban J connectivity index is 1.47. The van der Waals surface area contributed by atoms with Crippen LogP contribution in [-0.4, -0.2) is 61.6 Å².